The highest BCUT2D eigenvalue weighted by molar-refractivity contribution is 5.88. The molecule has 1 rings (SSSR count). The Morgan fingerprint density at radius 2 is 1.82 bits per heavy atom. The van der Waals surface area contributed by atoms with Crippen LogP contribution in [0.15, 0.2) is 12.2 Å². The van der Waals surface area contributed by atoms with Crippen LogP contribution in [0.1, 0.15) is 12.8 Å². The van der Waals surface area contributed by atoms with E-state index in [-0.39, 0.29) is 18.4 Å². The number of carbonyl (C=O) groups is 3. The Morgan fingerprint density at radius 3 is 2.35 bits per heavy atom. The molecule has 0 aromatic carbocycles. The molecule has 0 spiro atoms. The maximum Gasteiger partial charge on any atom is 0.307 e. The summed E-state index contributed by atoms with van der Waals surface area (Å²) in [7, 11) is 1.47. The predicted octanol–water partition coefficient (Wildman–Crippen LogP) is -0.484. The number of allylic oxidation sites excluding steroid dienone is 2. The standard InChI is InChI=1S/C11H16N2O4/c1-12-9(14)6-13-10(15)7-4-2-3-5-8(7)11(16)17/h2-3,7-8H,4-6H2,1H3,(H,12,14)(H,13,15)(H,16,17). The van der Waals surface area contributed by atoms with Gasteiger partial charge in [0.15, 0.2) is 0 Å². The van der Waals surface area contributed by atoms with Crippen LogP contribution in [-0.4, -0.2) is 36.5 Å². The van der Waals surface area contributed by atoms with Crippen molar-refractivity contribution >= 4 is 17.8 Å². The third-order valence-electron chi connectivity index (χ3n) is 2.79. The van der Waals surface area contributed by atoms with Crippen molar-refractivity contribution in [2.24, 2.45) is 11.8 Å². The second-order valence-corrected chi connectivity index (χ2v) is 3.89. The third-order valence-corrected chi connectivity index (χ3v) is 2.79. The molecule has 0 bridgehead atoms. The lowest BCUT2D eigenvalue weighted by atomic mass is 9.82. The van der Waals surface area contributed by atoms with Crippen molar-refractivity contribution < 1.29 is 19.5 Å². The van der Waals surface area contributed by atoms with Crippen LogP contribution in [0, 0.1) is 11.8 Å². The Morgan fingerprint density at radius 1 is 1.24 bits per heavy atom. The van der Waals surface area contributed by atoms with Gasteiger partial charge in [0.1, 0.15) is 0 Å². The van der Waals surface area contributed by atoms with Gasteiger partial charge < -0.3 is 15.7 Å². The topological polar surface area (TPSA) is 95.5 Å². The van der Waals surface area contributed by atoms with Crippen molar-refractivity contribution in [3.63, 3.8) is 0 Å². The summed E-state index contributed by atoms with van der Waals surface area (Å²) in [6.45, 7) is -0.123. The number of likely N-dealkylation sites (N-methyl/N-ethyl adjacent to an activating group) is 1. The SMILES string of the molecule is CNC(=O)CNC(=O)C1CC=CCC1C(=O)O. The first-order valence-corrected chi connectivity index (χ1v) is 5.42. The minimum atomic E-state index is -0.977. The van der Waals surface area contributed by atoms with Gasteiger partial charge in [-0.1, -0.05) is 12.2 Å². The van der Waals surface area contributed by atoms with E-state index in [4.69, 9.17) is 5.11 Å². The highest BCUT2D eigenvalue weighted by Gasteiger charge is 2.33. The zero-order valence-electron chi connectivity index (χ0n) is 9.60. The van der Waals surface area contributed by atoms with Crippen molar-refractivity contribution in [1.82, 2.24) is 10.6 Å². The van der Waals surface area contributed by atoms with Crippen molar-refractivity contribution in [2.75, 3.05) is 13.6 Å². The van der Waals surface area contributed by atoms with Crippen molar-refractivity contribution in [3.8, 4) is 0 Å². The number of carboxylic acids is 1. The van der Waals surface area contributed by atoms with Gasteiger partial charge in [-0.3, -0.25) is 14.4 Å². The summed E-state index contributed by atoms with van der Waals surface area (Å²) in [4.78, 5) is 33.7. The van der Waals surface area contributed by atoms with Crippen LogP contribution in [-0.2, 0) is 14.4 Å². The van der Waals surface area contributed by atoms with E-state index in [1.807, 2.05) is 0 Å². The number of hydrogen-bond acceptors (Lipinski definition) is 3. The fraction of sp³-hybridized carbons (Fsp3) is 0.545. The van der Waals surface area contributed by atoms with Gasteiger partial charge in [0.2, 0.25) is 11.8 Å². The first-order valence-electron chi connectivity index (χ1n) is 5.42. The number of carboxylic acid groups (broad SMARTS) is 1. The fourth-order valence-electron chi connectivity index (χ4n) is 1.76. The fourth-order valence-corrected chi connectivity index (χ4v) is 1.76. The van der Waals surface area contributed by atoms with Gasteiger partial charge in [-0.15, -0.1) is 0 Å². The Bertz CT molecular complexity index is 351. The molecule has 17 heavy (non-hydrogen) atoms. The second kappa shape index (κ2) is 6.03. The second-order valence-electron chi connectivity index (χ2n) is 3.89. The van der Waals surface area contributed by atoms with Gasteiger partial charge in [0.05, 0.1) is 18.4 Å². The molecule has 0 aromatic rings. The van der Waals surface area contributed by atoms with E-state index >= 15 is 0 Å². The minimum absolute atomic E-state index is 0.123. The zero-order chi connectivity index (χ0) is 12.8. The first kappa shape index (κ1) is 13.2. The quantitative estimate of drug-likeness (QED) is 0.578. The lowest BCUT2D eigenvalue weighted by Crippen LogP contribution is -2.42. The molecule has 0 radical (unpaired) electrons. The van der Waals surface area contributed by atoms with Gasteiger partial charge in [-0.25, -0.2) is 0 Å². The molecule has 0 saturated carbocycles. The number of hydrogen-bond donors (Lipinski definition) is 3. The molecule has 1 aliphatic rings. The molecule has 2 atom stereocenters. The summed E-state index contributed by atoms with van der Waals surface area (Å²) < 4.78 is 0. The molecule has 1 aliphatic carbocycles. The summed E-state index contributed by atoms with van der Waals surface area (Å²) in [5, 5.41) is 13.8. The van der Waals surface area contributed by atoms with E-state index in [0.717, 1.165) is 0 Å². The van der Waals surface area contributed by atoms with Crippen LogP contribution in [0.5, 0.6) is 0 Å². The van der Waals surface area contributed by atoms with Crippen LogP contribution in [0.3, 0.4) is 0 Å². The average Bonchev–Trinajstić information content (AvgIpc) is 2.35. The maximum atomic E-state index is 11.7. The summed E-state index contributed by atoms with van der Waals surface area (Å²) in [6, 6.07) is 0. The molecule has 2 unspecified atom stereocenters. The molecule has 94 valence electrons. The number of aliphatic carboxylic acids is 1. The van der Waals surface area contributed by atoms with Crippen LogP contribution in [0.2, 0.25) is 0 Å². The monoisotopic (exact) mass is 240 g/mol. The van der Waals surface area contributed by atoms with Gasteiger partial charge in [-0.2, -0.15) is 0 Å². The molecule has 2 amide bonds. The zero-order valence-corrected chi connectivity index (χ0v) is 9.60. The van der Waals surface area contributed by atoms with Gasteiger partial charge in [-0.05, 0) is 12.8 Å². The summed E-state index contributed by atoms with van der Waals surface area (Å²) in [6.07, 6.45) is 4.31. The Kier molecular flexibility index (Phi) is 4.68. The molecule has 6 heteroatoms. The van der Waals surface area contributed by atoms with Crippen molar-refractivity contribution in [3.05, 3.63) is 12.2 Å². The van der Waals surface area contributed by atoms with E-state index in [0.29, 0.717) is 12.8 Å². The molecular formula is C11H16N2O4. The van der Waals surface area contributed by atoms with Crippen molar-refractivity contribution in [1.29, 1.82) is 0 Å². The molecule has 0 heterocycles. The van der Waals surface area contributed by atoms with Crippen molar-refractivity contribution in [2.45, 2.75) is 12.8 Å². The van der Waals surface area contributed by atoms with Crippen LogP contribution in [0.4, 0.5) is 0 Å². The van der Waals surface area contributed by atoms with E-state index in [1.165, 1.54) is 7.05 Å². The minimum Gasteiger partial charge on any atom is -0.481 e. The summed E-state index contributed by atoms with van der Waals surface area (Å²) in [5.74, 6) is -2.97. The number of rotatable bonds is 4. The van der Waals surface area contributed by atoms with E-state index in [2.05, 4.69) is 10.6 Å². The average molecular weight is 240 g/mol. The van der Waals surface area contributed by atoms with Crippen LogP contribution < -0.4 is 10.6 Å². The van der Waals surface area contributed by atoms with Crippen LogP contribution in [0.25, 0.3) is 0 Å². The van der Waals surface area contributed by atoms with Gasteiger partial charge >= 0.3 is 5.97 Å². The first-order chi connectivity index (χ1) is 8.06. The number of carbonyl (C=O) groups excluding carboxylic acids is 2. The molecule has 6 nitrogen and oxygen atoms in total. The van der Waals surface area contributed by atoms with Crippen LogP contribution >= 0.6 is 0 Å². The lowest BCUT2D eigenvalue weighted by Gasteiger charge is -2.23. The normalized spacial score (nSPS) is 22.9. The van der Waals surface area contributed by atoms with E-state index in [9.17, 15) is 14.4 Å². The molecule has 0 fully saturated rings. The molecule has 0 aliphatic heterocycles. The highest BCUT2D eigenvalue weighted by Crippen LogP contribution is 2.25. The molecule has 0 aromatic heterocycles. The van der Waals surface area contributed by atoms with Gasteiger partial charge in [0.25, 0.3) is 0 Å². The highest BCUT2D eigenvalue weighted by atomic mass is 16.4. The van der Waals surface area contributed by atoms with Gasteiger partial charge in [0, 0.05) is 7.05 Å². The predicted molar refractivity (Wildman–Crippen MR) is 60.1 cm³/mol. The largest absolute Gasteiger partial charge is 0.481 e. The number of nitrogens with one attached hydrogen (secondary N) is 2. The Labute approximate surface area is 99.1 Å². The summed E-state index contributed by atoms with van der Waals surface area (Å²) in [5.41, 5.74) is 0. The van der Waals surface area contributed by atoms with E-state index in [1.54, 1.807) is 12.2 Å². The third kappa shape index (κ3) is 3.58. The Balaban J connectivity index is 2.57. The smallest absolute Gasteiger partial charge is 0.307 e. The van der Waals surface area contributed by atoms with E-state index < -0.39 is 17.8 Å². The maximum absolute atomic E-state index is 11.7. The molecule has 0 saturated heterocycles. The Hall–Kier alpha value is -1.85. The molecule has 3 N–H and O–H groups in total. The number of amides is 2. The molecular weight excluding hydrogens is 224 g/mol. The lowest BCUT2D eigenvalue weighted by molar-refractivity contribution is -0.147. The summed E-state index contributed by atoms with van der Waals surface area (Å²) >= 11 is 0.